The molecule has 0 unspecified atom stereocenters. The van der Waals surface area contributed by atoms with E-state index in [1.807, 2.05) is 0 Å². The van der Waals surface area contributed by atoms with E-state index in [9.17, 15) is 14.3 Å². The number of halogens is 3. The topological polar surface area (TPSA) is 37.3 Å². The van der Waals surface area contributed by atoms with E-state index >= 15 is 0 Å². The molecule has 1 aliphatic rings. The van der Waals surface area contributed by atoms with Gasteiger partial charge in [0, 0.05) is 10.6 Å². The van der Waals surface area contributed by atoms with E-state index in [0.29, 0.717) is 12.8 Å². The van der Waals surface area contributed by atoms with Crippen LogP contribution in [0.1, 0.15) is 37.7 Å². The van der Waals surface area contributed by atoms with Crippen molar-refractivity contribution in [3.05, 3.63) is 33.0 Å². The molecule has 1 aromatic rings. The van der Waals surface area contributed by atoms with Crippen molar-refractivity contribution in [1.29, 1.82) is 0 Å². The molecule has 5 heteroatoms. The van der Waals surface area contributed by atoms with Gasteiger partial charge in [-0.05, 0) is 40.9 Å². The minimum absolute atomic E-state index is 0.130. The highest BCUT2D eigenvalue weighted by atomic mass is 79.9. The van der Waals surface area contributed by atoms with E-state index in [1.54, 1.807) is 6.07 Å². The van der Waals surface area contributed by atoms with Crippen LogP contribution < -0.4 is 0 Å². The van der Waals surface area contributed by atoms with E-state index in [0.717, 1.165) is 19.3 Å². The number of carboxylic acids is 1. The fraction of sp³-hybridized carbons (Fsp3) is 0.462. The lowest BCUT2D eigenvalue weighted by molar-refractivity contribution is -0.145. The van der Waals surface area contributed by atoms with Crippen molar-refractivity contribution < 1.29 is 14.3 Å². The molecule has 1 saturated carbocycles. The first-order valence-corrected chi connectivity index (χ1v) is 7.03. The predicted molar refractivity (Wildman–Crippen MR) is 71.5 cm³/mol. The van der Waals surface area contributed by atoms with Crippen LogP contribution in [0.2, 0.25) is 5.02 Å². The summed E-state index contributed by atoms with van der Waals surface area (Å²) in [5.74, 6) is -1.53. The van der Waals surface area contributed by atoms with Crippen LogP contribution in [-0.2, 0) is 10.2 Å². The predicted octanol–water partition coefficient (Wildman–Crippen LogP) is 4.53. The molecule has 0 radical (unpaired) electrons. The summed E-state index contributed by atoms with van der Waals surface area (Å²) in [5, 5.41) is 9.74. The number of hydrogen-bond acceptors (Lipinski definition) is 1. The molecular weight excluding hydrogens is 322 g/mol. The molecule has 1 aromatic carbocycles. The second-order valence-electron chi connectivity index (χ2n) is 4.67. The molecule has 0 aliphatic heterocycles. The lowest BCUT2D eigenvalue weighted by Gasteiger charge is -2.34. The Hall–Kier alpha value is -0.610. The number of benzene rings is 1. The molecule has 0 amide bonds. The van der Waals surface area contributed by atoms with Crippen LogP contribution in [0.3, 0.4) is 0 Å². The zero-order chi connectivity index (χ0) is 13.3. The Kier molecular flexibility index (Phi) is 3.97. The second-order valence-corrected chi connectivity index (χ2v) is 5.93. The Labute approximate surface area is 118 Å². The minimum atomic E-state index is -1.18. The van der Waals surface area contributed by atoms with Gasteiger partial charge in [-0.3, -0.25) is 4.79 Å². The Morgan fingerprint density at radius 1 is 1.33 bits per heavy atom. The standard InChI is InChI=1S/C13H13BrClFO2/c14-8-4-5-9(15)10(11(8)16)13(12(17)18)6-2-1-3-7-13/h4-5H,1-3,6-7H2,(H,17,18). The van der Waals surface area contributed by atoms with Crippen LogP contribution in [0.4, 0.5) is 4.39 Å². The molecule has 0 bridgehead atoms. The van der Waals surface area contributed by atoms with Crippen LogP contribution in [0, 0.1) is 5.82 Å². The molecule has 0 spiro atoms. The van der Waals surface area contributed by atoms with Crippen molar-refractivity contribution in [3.63, 3.8) is 0 Å². The summed E-state index contributed by atoms with van der Waals surface area (Å²) in [5.41, 5.74) is -1.05. The summed E-state index contributed by atoms with van der Waals surface area (Å²) in [4.78, 5) is 11.7. The molecule has 1 fully saturated rings. The smallest absolute Gasteiger partial charge is 0.314 e. The third-order valence-electron chi connectivity index (χ3n) is 3.64. The Morgan fingerprint density at radius 3 is 2.50 bits per heavy atom. The zero-order valence-corrected chi connectivity index (χ0v) is 12.0. The van der Waals surface area contributed by atoms with Crippen molar-refractivity contribution in [2.45, 2.75) is 37.5 Å². The summed E-state index contributed by atoms with van der Waals surface area (Å²) < 4.78 is 14.5. The molecule has 0 heterocycles. The van der Waals surface area contributed by atoms with Gasteiger partial charge < -0.3 is 5.11 Å². The van der Waals surface area contributed by atoms with E-state index in [2.05, 4.69) is 15.9 Å². The van der Waals surface area contributed by atoms with Gasteiger partial charge in [0.2, 0.25) is 0 Å². The van der Waals surface area contributed by atoms with Gasteiger partial charge in [0.25, 0.3) is 0 Å². The number of carboxylic acid groups (broad SMARTS) is 1. The summed E-state index contributed by atoms with van der Waals surface area (Å²) in [6, 6.07) is 3.04. The number of hydrogen-bond donors (Lipinski definition) is 1. The third kappa shape index (κ3) is 2.16. The fourth-order valence-corrected chi connectivity index (χ4v) is 3.35. The third-order valence-corrected chi connectivity index (χ3v) is 4.57. The molecule has 2 nitrogen and oxygen atoms in total. The highest BCUT2D eigenvalue weighted by molar-refractivity contribution is 9.10. The van der Waals surface area contributed by atoms with Crippen molar-refractivity contribution in [2.75, 3.05) is 0 Å². The normalized spacial score (nSPS) is 18.6. The van der Waals surface area contributed by atoms with Gasteiger partial charge in [-0.25, -0.2) is 4.39 Å². The Bertz CT molecular complexity index is 484. The maximum atomic E-state index is 14.3. The van der Waals surface area contributed by atoms with Gasteiger partial charge in [-0.2, -0.15) is 0 Å². The van der Waals surface area contributed by atoms with Crippen molar-refractivity contribution in [2.24, 2.45) is 0 Å². The van der Waals surface area contributed by atoms with E-state index in [4.69, 9.17) is 11.6 Å². The first-order chi connectivity index (χ1) is 8.49. The monoisotopic (exact) mass is 334 g/mol. The first kappa shape index (κ1) is 13.8. The quantitative estimate of drug-likeness (QED) is 0.806. The van der Waals surface area contributed by atoms with Crippen LogP contribution in [0.25, 0.3) is 0 Å². The molecule has 18 heavy (non-hydrogen) atoms. The zero-order valence-electron chi connectivity index (χ0n) is 9.68. The second kappa shape index (κ2) is 5.17. The lowest BCUT2D eigenvalue weighted by atomic mass is 9.69. The lowest BCUT2D eigenvalue weighted by Crippen LogP contribution is -2.39. The number of rotatable bonds is 2. The maximum Gasteiger partial charge on any atom is 0.314 e. The van der Waals surface area contributed by atoms with E-state index in [1.165, 1.54) is 6.07 Å². The van der Waals surface area contributed by atoms with Gasteiger partial charge in [-0.1, -0.05) is 30.9 Å². The molecule has 98 valence electrons. The molecule has 0 atom stereocenters. The van der Waals surface area contributed by atoms with Crippen molar-refractivity contribution in [3.8, 4) is 0 Å². The van der Waals surface area contributed by atoms with Gasteiger partial charge in [0.15, 0.2) is 0 Å². The van der Waals surface area contributed by atoms with Crippen LogP contribution >= 0.6 is 27.5 Å². The number of carbonyl (C=O) groups is 1. The summed E-state index contributed by atoms with van der Waals surface area (Å²) in [6.07, 6.45) is 3.44. The highest BCUT2D eigenvalue weighted by Gasteiger charge is 2.44. The van der Waals surface area contributed by atoms with Gasteiger partial charge >= 0.3 is 5.97 Å². The summed E-state index contributed by atoms with van der Waals surface area (Å²) >= 11 is 9.14. The molecule has 1 aliphatic carbocycles. The Morgan fingerprint density at radius 2 is 1.94 bits per heavy atom. The van der Waals surface area contributed by atoms with Crippen LogP contribution in [0.15, 0.2) is 16.6 Å². The van der Waals surface area contributed by atoms with E-state index in [-0.39, 0.29) is 15.1 Å². The Balaban J connectivity index is 2.63. The number of aliphatic carboxylic acids is 1. The van der Waals surface area contributed by atoms with Gasteiger partial charge in [0.05, 0.1) is 9.89 Å². The van der Waals surface area contributed by atoms with Crippen molar-refractivity contribution >= 4 is 33.5 Å². The van der Waals surface area contributed by atoms with Gasteiger partial charge in [-0.15, -0.1) is 0 Å². The first-order valence-electron chi connectivity index (χ1n) is 5.86. The van der Waals surface area contributed by atoms with E-state index < -0.39 is 17.2 Å². The molecule has 0 aromatic heterocycles. The summed E-state index contributed by atoms with van der Waals surface area (Å²) in [7, 11) is 0. The SMILES string of the molecule is O=C(O)C1(c2c(Cl)ccc(Br)c2F)CCCCC1. The molecule has 1 N–H and O–H groups in total. The largest absolute Gasteiger partial charge is 0.481 e. The van der Waals surface area contributed by atoms with Crippen molar-refractivity contribution in [1.82, 2.24) is 0 Å². The molecular formula is C13H13BrClFO2. The van der Waals surface area contributed by atoms with Gasteiger partial charge in [0.1, 0.15) is 5.82 Å². The fourth-order valence-electron chi connectivity index (χ4n) is 2.69. The summed E-state index contributed by atoms with van der Waals surface area (Å²) in [6.45, 7) is 0. The van der Waals surface area contributed by atoms with Crippen LogP contribution in [0.5, 0.6) is 0 Å². The molecule has 2 rings (SSSR count). The highest BCUT2D eigenvalue weighted by Crippen LogP contribution is 2.45. The minimum Gasteiger partial charge on any atom is -0.481 e. The maximum absolute atomic E-state index is 14.3. The average molecular weight is 336 g/mol. The molecule has 0 saturated heterocycles. The van der Waals surface area contributed by atoms with Crippen LogP contribution in [-0.4, -0.2) is 11.1 Å². The average Bonchev–Trinajstić information content (AvgIpc) is 2.35.